The molecule has 2 aliphatic carbocycles. The van der Waals surface area contributed by atoms with Crippen molar-refractivity contribution < 1.29 is 47.3 Å². The van der Waals surface area contributed by atoms with Crippen LogP contribution in [0.4, 0.5) is 0 Å². The third-order valence-electron chi connectivity index (χ3n) is 11.3. The van der Waals surface area contributed by atoms with Gasteiger partial charge in [0.2, 0.25) is 0 Å². The maximum Gasteiger partial charge on any atom is 0.339 e. The highest BCUT2D eigenvalue weighted by atomic mass is 16.7. The fourth-order valence-corrected chi connectivity index (χ4v) is 9.88. The second kappa shape index (κ2) is 8.33. The Morgan fingerprint density at radius 2 is 1.62 bits per heavy atom. The summed E-state index contributed by atoms with van der Waals surface area (Å²) >= 11 is 0. The maximum atomic E-state index is 13.4. The molecular formula is C30H38O10. The van der Waals surface area contributed by atoms with E-state index < -0.39 is 75.7 Å². The molecule has 3 saturated heterocycles. The van der Waals surface area contributed by atoms with Crippen LogP contribution in [0.5, 0.6) is 0 Å². The number of esters is 4. The molecule has 6 rings (SSSR count). The topological polar surface area (TPSA) is 131 Å². The number of epoxide rings is 1. The zero-order valence-corrected chi connectivity index (χ0v) is 24.1. The van der Waals surface area contributed by atoms with E-state index in [-0.39, 0.29) is 18.3 Å². The minimum atomic E-state index is -1.03. The van der Waals surface area contributed by atoms with Crippen molar-refractivity contribution in [3.05, 3.63) is 24.2 Å². The average Bonchev–Trinajstić information content (AvgIpc) is 3.42. The van der Waals surface area contributed by atoms with Crippen molar-refractivity contribution in [3.63, 3.8) is 0 Å². The lowest BCUT2D eigenvalue weighted by Gasteiger charge is -2.68. The summed E-state index contributed by atoms with van der Waals surface area (Å²) in [6.07, 6.45) is 1.72. The Morgan fingerprint density at radius 1 is 0.950 bits per heavy atom. The minimum absolute atomic E-state index is 0.0882. The number of carbonyl (C=O) groups is 4. The van der Waals surface area contributed by atoms with E-state index in [1.165, 1.54) is 13.8 Å². The van der Waals surface area contributed by atoms with Gasteiger partial charge in [-0.3, -0.25) is 14.4 Å². The molecular weight excluding hydrogens is 520 g/mol. The van der Waals surface area contributed by atoms with Crippen molar-refractivity contribution in [1.29, 1.82) is 0 Å². The van der Waals surface area contributed by atoms with Crippen LogP contribution in [0, 0.1) is 28.1 Å². The van der Waals surface area contributed by atoms with Crippen molar-refractivity contribution in [3.8, 4) is 0 Å². The molecule has 3 aliphatic heterocycles. The van der Waals surface area contributed by atoms with Crippen LogP contribution in [0.15, 0.2) is 23.0 Å². The van der Waals surface area contributed by atoms with Gasteiger partial charge in [-0.1, -0.05) is 20.8 Å². The van der Waals surface area contributed by atoms with Crippen LogP contribution in [-0.2, 0) is 42.9 Å². The van der Waals surface area contributed by atoms with Crippen LogP contribution in [0.25, 0.3) is 0 Å². The van der Waals surface area contributed by atoms with Crippen molar-refractivity contribution in [1.82, 2.24) is 0 Å². The summed E-state index contributed by atoms with van der Waals surface area (Å²) in [5, 5.41) is 0. The largest absolute Gasteiger partial charge is 0.472 e. The molecule has 10 nitrogen and oxygen atoms in total. The van der Waals surface area contributed by atoms with Crippen LogP contribution in [0.3, 0.4) is 0 Å². The first kappa shape index (κ1) is 27.3. The Hall–Kier alpha value is -2.88. The number of furan rings is 1. The molecule has 0 amide bonds. The normalized spacial score (nSPS) is 46.7. The summed E-state index contributed by atoms with van der Waals surface area (Å²) in [7, 11) is 0. The van der Waals surface area contributed by atoms with Gasteiger partial charge in [-0.25, -0.2) is 4.79 Å². The molecule has 0 aromatic carbocycles. The Kier molecular flexibility index (Phi) is 5.69. The smallest absolute Gasteiger partial charge is 0.339 e. The predicted octanol–water partition coefficient (Wildman–Crippen LogP) is 4.05. The van der Waals surface area contributed by atoms with Gasteiger partial charge in [-0.2, -0.15) is 0 Å². The molecule has 10 atom stereocenters. The van der Waals surface area contributed by atoms with Crippen LogP contribution >= 0.6 is 0 Å². The molecule has 5 fully saturated rings. The molecule has 218 valence electrons. The highest BCUT2D eigenvalue weighted by Crippen LogP contribution is 2.79. The lowest BCUT2D eigenvalue weighted by Crippen LogP contribution is -2.74. The Bertz CT molecular complexity index is 1270. The third-order valence-corrected chi connectivity index (χ3v) is 11.3. The minimum Gasteiger partial charge on any atom is -0.472 e. The standard InChI is InChI=1S/C30H38O10/c1-15(31)36-20-13-22(33)39-26(3,4)19-12-21(37-16(2)32)29(7)18(28(19,20)6)8-10-27(5)23(17-9-11-35-14-17)38-25(34)24-30(27,29)40-24/h9,11,14,18-21,23-24H,8,10,12-13H2,1-7H3/t18?,19?,20-,21+,23-,24+,27-,28+,29-,30+/m0/s1. The van der Waals surface area contributed by atoms with E-state index in [1.54, 1.807) is 18.6 Å². The van der Waals surface area contributed by atoms with Gasteiger partial charge in [0.05, 0.1) is 18.9 Å². The number of fused-ring (bicyclic) bond motifs is 3. The van der Waals surface area contributed by atoms with E-state index in [0.29, 0.717) is 19.3 Å². The number of cyclic esters (lactones) is 2. The predicted molar refractivity (Wildman–Crippen MR) is 136 cm³/mol. The summed E-state index contributed by atoms with van der Waals surface area (Å²) in [6.45, 7) is 12.6. The molecule has 1 spiro atoms. The maximum absolute atomic E-state index is 13.4. The highest BCUT2D eigenvalue weighted by Gasteiger charge is 2.89. The molecule has 0 bridgehead atoms. The fraction of sp³-hybridized carbons (Fsp3) is 0.733. The van der Waals surface area contributed by atoms with Gasteiger partial charge in [0.25, 0.3) is 0 Å². The molecule has 2 unspecified atom stereocenters. The molecule has 0 N–H and O–H groups in total. The van der Waals surface area contributed by atoms with Gasteiger partial charge in [-0.15, -0.1) is 0 Å². The van der Waals surface area contributed by atoms with Gasteiger partial charge >= 0.3 is 23.9 Å². The summed E-state index contributed by atoms with van der Waals surface area (Å²) < 4.78 is 36.0. The zero-order chi connectivity index (χ0) is 29.0. The van der Waals surface area contributed by atoms with Crippen molar-refractivity contribution in [2.75, 3.05) is 0 Å². The first-order valence-electron chi connectivity index (χ1n) is 14.1. The van der Waals surface area contributed by atoms with E-state index in [9.17, 15) is 19.2 Å². The molecule has 1 aromatic heterocycles. The molecule has 40 heavy (non-hydrogen) atoms. The lowest BCUT2D eigenvalue weighted by atomic mass is 9.36. The number of ether oxygens (including phenoxy) is 5. The van der Waals surface area contributed by atoms with Crippen molar-refractivity contribution in [2.45, 2.75) is 110 Å². The van der Waals surface area contributed by atoms with Gasteiger partial charge in [0.1, 0.15) is 29.5 Å². The third kappa shape index (κ3) is 3.25. The Morgan fingerprint density at radius 3 is 2.25 bits per heavy atom. The van der Waals surface area contributed by atoms with Crippen molar-refractivity contribution >= 4 is 23.9 Å². The first-order chi connectivity index (χ1) is 18.6. The molecule has 1 aromatic rings. The second-order valence-electron chi connectivity index (χ2n) is 13.5. The van der Waals surface area contributed by atoms with Gasteiger partial charge < -0.3 is 28.1 Å². The quantitative estimate of drug-likeness (QED) is 0.304. The average molecular weight is 559 g/mol. The van der Waals surface area contributed by atoms with E-state index >= 15 is 0 Å². The van der Waals surface area contributed by atoms with Gasteiger partial charge in [-0.05, 0) is 45.1 Å². The van der Waals surface area contributed by atoms with Crippen LogP contribution < -0.4 is 0 Å². The summed E-state index contributed by atoms with van der Waals surface area (Å²) in [5.41, 5.74) is -3.57. The monoisotopic (exact) mass is 558 g/mol. The van der Waals surface area contributed by atoms with Crippen LogP contribution in [0.1, 0.15) is 85.8 Å². The zero-order valence-electron chi connectivity index (χ0n) is 24.1. The first-order valence-corrected chi connectivity index (χ1v) is 14.1. The fourth-order valence-electron chi connectivity index (χ4n) is 9.88. The van der Waals surface area contributed by atoms with Crippen LogP contribution in [0.2, 0.25) is 0 Å². The van der Waals surface area contributed by atoms with E-state index in [4.69, 9.17) is 28.1 Å². The summed E-state index contributed by atoms with van der Waals surface area (Å²) in [4.78, 5) is 51.5. The number of rotatable bonds is 3. The molecule has 2 saturated carbocycles. The Labute approximate surface area is 233 Å². The van der Waals surface area contributed by atoms with Gasteiger partial charge in [0, 0.05) is 41.6 Å². The summed E-state index contributed by atoms with van der Waals surface area (Å²) in [5.74, 6) is -2.43. The number of hydrogen-bond acceptors (Lipinski definition) is 10. The van der Waals surface area contributed by atoms with Crippen LogP contribution in [-0.4, -0.2) is 53.4 Å². The van der Waals surface area contributed by atoms with E-state index in [2.05, 4.69) is 13.8 Å². The second-order valence-corrected chi connectivity index (χ2v) is 13.5. The Balaban J connectivity index is 1.57. The molecule has 10 heteroatoms. The van der Waals surface area contributed by atoms with Gasteiger partial charge in [0.15, 0.2) is 6.10 Å². The van der Waals surface area contributed by atoms with E-state index in [0.717, 1.165) is 5.56 Å². The number of hydrogen-bond donors (Lipinski definition) is 0. The van der Waals surface area contributed by atoms with E-state index in [1.807, 2.05) is 20.8 Å². The molecule has 0 radical (unpaired) electrons. The number of carbonyl (C=O) groups excluding carboxylic acids is 4. The molecule has 4 heterocycles. The highest BCUT2D eigenvalue weighted by molar-refractivity contribution is 5.82. The summed E-state index contributed by atoms with van der Waals surface area (Å²) in [6, 6.07) is 1.79. The lowest BCUT2D eigenvalue weighted by molar-refractivity contribution is -0.277. The SMILES string of the molecule is CC(=O)O[C@H]1CC(=O)OC(C)(C)C2C[C@@H](OC(C)=O)[C@]3(C)C(CC[C@@]4(C)[C@H](c5ccoc5)OC(=O)[C@H]5O[C@]543)[C@]21C. The van der Waals surface area contributed by atoms with Crippen molar-refractivity contribution in [2.24, 2.45) is 28.1 Å². The molecule has 5 aliphatic rings.